The van der Waals surface area contributed by atoms with Crippen molar-refractivity contribution in [3.8, 4) is 5.75 Å². The van der Waals surface area contributed by atoms with E-state index in [-0.39, 0.29) is 35.2 Å². The maximum absolute atomic E-state index is 12.2. The van der Waals surface area contributed by atoms with Gasteiger partial charge >= 0.3 is 0 Å². The number of halogens is 1. The van der Waals surface area contributed by atoms with Crippen LogP contribution in [0.15, 0.2) is 18.2 Å². The highest BCUT2D eigenvalue weighted by molar-refractivity contribution is 6.32. The molecule has 120 valence electrons. The minimum absolute atomic E-state index is 0.0134. The second-order valence-corrected chi connectivity index (χ2v) is 6.62. The van der Waals surface area contributed by atoms with E-state index in [1.54, 1.807) is 12.1 Å². The molecule has 0 unspecified atom stereocenters. The summed E-state index contributed by atoms with van der Waals surface area (Å²) in [6.45, 7) is 4.66. The van der Waals surface area contributed by atoms with Crippen LogP contribution in [-0.2, 0) is 16.0 Å². The van der Waals surface area contributed by atoms with E-state index in [0.717, 1.165) is 31.7 Å². The Kier molecular flexibility index (Phi) is 4.57. The van der Waals surface area contributed by atoms with E-state index in [2.05, 4.69) is 17.1 Å². The summed E-state index contributed by atoms with van der Waals surface area (Å²) >= 11 is 5.86. The van der Waals surface area contributed by atoms with Gasteiger partial charge in [-0.25, -0.2) is 0 Å². The minimum atomic E-state index is -0.0134. The van der Waals surface area contributed by atoms with E-state index in [9.17, 15) is 9.90 Å². The van der Waals surface area contributed by atoms with Crippen LogP contribution in [0, 0.1) is 0 Å². The average molecular weight is 325 g/mol. The molecule has 0 saturated carbocycles. The Morgan fingerprint density at radius 2 is 2.32 bits per heavy atom. The molecular weight excluding hydrogens is 304 g/mol. The van der Waals surface area contributed by atoms with E-state index < -0.39 is 0 Å². The van der Waals surface area contributed by atoms with Gasteiger partial charge in [-0.2, -0.15) is 0 Å². The Labute approximate surface area is 135 Å². The number of amides is 1. The number of carbonyl (C=O) groups excluding carboxylic acids is 1. The molecule has 0 spiro atoms. The molecule has 2 aliphatic heterocycles. The number of nitrogens with one attached hydrogen (secondary N) is 1. The van der Waals surface area contributed by atoms with Crippen molar-refractivity contribution in [1.82, 2.24) is 10.2 Å². The highest BCUT2D eigenvalue weighted by atomic mass is 35.5. The zero-order chi connectivity index (χ0) is 15.7. The van der Waals surface area contributed by atoms with Crippen LogP contribution in [0.1, 0.15) is 18.9 Å². The maximum atomic E-state index is 12.2. The summed E-state index contributed by atoms with van der Waals surface area (Å²) in [6, 6.07) is 5.46. The molecule has 1 amide bonds. The third kappa shape index (κ3) is 3.54. The number of rotatable bonds is 3. The summed E-state index contributed by atoms with van der Waals surface area (Å²) in [5.74, 6) is 0.0215. The van der Waals surface area contributed by atoms with Crippen molar-refractivity contribution in [3.05, 3.63) is 28.8 Å². The number of morpholine rings is 1. The summed E-state index contributed by atoms with van der Waals surface area (Å²) < 4.78 is 5.67. The van der Waals surface area contributed by atoms with E-state index in [1.807, 2.05) is 0 Å². The lowest BCUT2D eigenvalue weighted by Crippen LogP contribution is -2.45. The summed E-state index contributed by atoms with van der Waals surface area (Å²) in [5.41, 5.74) is 0.799. The Balaban J connectivity index is 1.53. The van der Waals surface area contributed by atoms with Crippen molar-refractivity contribution in [2.75, 3.05) is 19.7 Å². The largest absolute Gasteiger partial charge is 0.506 e. The van der Waals surface area contributed by atoms with Gasteiger partial charge in [0.15, 0.2) is 0 Å². The van der Waals surface area contributed by atoms with Gasteiger partial charge in [0.25, 0.3) is 0 Å². The first-order valence-corrected chi connectivity index (χ1v) is 8.01. The Morgan fingerprint density at radius 1 is 1.50 bits per heavy atom. The van der Waals surface area contributed by atoms with Crippen molar-refractivity contribution in [1.29, 1.82) is 0 Å². The van der Waals surface area contributed by atoms with Crippen LogP contribution in [0.4, 0.5) is 0 Å². The molecule has 1 aromatic rings. The standard InChI is InChI=1S/C16H21ClN2O3/c1-10-7-19-8-12(6-13(19)9-22-10)18-16(21)5-11-2-3-15(20)14(17)4-11/h2-4,10,12-13,20H,5-9H2,1H3,(H,18,21)/t10-,12-,13-/m0/s1. The highest BCUT2D eigenvalue weighted by Crippen LogP contribution is 2.25. The SMILES string of the molecule is C[C@H]1CN2C[C@@H](NC(=O)Cc3ccc(O)c(Cl)c3)C[C@H]2CO1. The Hall–Kier alpha value is -1.30. The molecule has 2 saturated heterocycles. The molecule has 2 aliphatic rings. The molecular formula is C16H21ClN2O3. The van der Waals surface area contributed by atoms with Crippen molar-refractivity contribution < 1.29 is 14.6 Å². The van der Waals surface area contributed by atoms with Gasteiger partial charge in [0.2, 0.25) is 5.91 Å². The van der Waals surface area contributed by atoms with Crippen LogP contribution in [0.3, 0.4) is 0 Å². The van der Waals surface area contributed by atoms with Crippen LogP contribution in [0.2, 0.25) is 5.02 Å². The Morgan fingerprint density at radius 3 is 3.09 bits per heavy atom. The third-order valence-corrected chi connectivity index (χ3v) is 4.64. The predicted molar refractivity (Wildman–Crippen MR) is 84.1 cm³/mol. The molecule has 2 N–H and O–H groups in total. The normalized spacial score (nSPS) is 28.4. The van der Waals surface area contributed by atoms with E-state index in [4.69, 9.17) is 16.3 Å². The second-order valence-electron chi connectivity index (χ2n) is 6.21. The summed E-state index contributed by atoms with van der Waals surface area (Å²) in [5, 5.41) is 12.8. The topological polar surface area (TPSA) is 61.8 Å². The number of benzene rings is 1. The number of carbonyl (C=O) groups is 1. The lowest BCUT2D eigenvalue weighted by atomic mass is 10.1. The number of phenols is 1. The maximum Gasteiger partial charge on any atom is 0.224 e. The van der Waals surface area contributed by atoms with Gasteiger partial charge < -0.3 is 15.2 Å². The molecule has 0 bridgehead atoms. The van der Waals surface area contributed by atoms with Crippen molar-refractivity contribution in [2.45, 2.75) is 38.0 Å². The molecule has 0 aliphatic carbocycles. The summed E-state index contributed by atoms with van der Waals surface area (Å²) in [7, 11) is 0. The first-order chi connectivity index (χ1) is 10.5. The lowest BCUT2D eigenvalue weighted by Gasteiger charge is -2.33. The van der Waals surface area contributed by atoms with Crippen molar-refractivity contribution >= 4 is 17.5 Å². The molecule has 0 aromatic heterocycles. The van der Waals surface area contributed by atoms with Gasteiger partial charge in [0.05, 0.1) is 24.2 Å². The van der Waals surface area contributed by atoms with Gasteiger partial charge in [-0.1, -0.05) is 17.7 Å². The number of ether oxygens (including phenoxy) is 1. The fourth-order valence-electron chi connectivity index (χ4n) is 3.27. The molecule has 6 heteroatoms. The molecule has 1 aromatic carbocycles. The number of nitrogens with zero attached hydrogens (tertiary/aromatic N) is 1. The fraction of sp³-hybridized carbons (Fsp3) is 0.562. The van der Waals surface area contributed by atoms with Crippen LogP contribution in [-0.4, -0.2) is 53.8 Å². The molecule has 22 heavy (non-hydrogen) atoms. The van der Waals surface area contributed by atoms with Gasteiger partial charge in [0, 0.05) is 25.2 Å². The van der Waals surface area contributed by atoms with Crippen LogP contribution in [0.5, 0.6) is 5.75 Å². The average Bonchev–Trinajstić information content (AvgIpc) is 2.84. The number of fused-ring (bicyclic) bond motifs is 1. The quantitative estimate of drug-likeness (QED) is 0.886. The third-order valence-electron chi connectivity index (χ3n) is 4.33. The van der Waals surface area contributed by atoms with Gasteiger partial charge in [0.1, 0.15) is 5.75 Å². The summed E-state index contributed by atoms with van der Waals surface area (Å²) in [4.78, 5) is 14.6. The molecule has 3 atom stereocenters. The highest BCUT2D eigenvalue weighted by Gasteiger charge is 2.36. The predicted octanol–water partition coefficient (Wildman–Crippen LogP) is 1.57. The molecule has 5 nitrogen and oxygen atoms in total. The number of aromatic hydroxyl groups is 1. The zero-order valence-corrected chi connectivity index (χ0v) is 13.3. The Bertz CT molecular complexity index is 566. The van der Waals surface area contributed by atoms with Gasteiger partial charge in [-0.05, 0) is 31.0 Å². The fourth-order valence-corrected chi connectivity index (χ4v) is 3.47. The van der Waals surface area contributed by atoms with Crippen LogP contribution >= 0.6 is 11.6 Å². The number of hydrogen-bond donors (Lipinski definition) is 2. The number of hydrogen-bond acceptors (Lipinski definition) is 4. The zero-order valence-electron chi connectivity index (χ0n) is 12.6. The van der Waals surface area contributed by atoms with Gasteiger partial charge in [-0.3, -0.25) is 9.69 Å². The van der Waals surface area contributed by atoms with E-state index in [0.29, 0.717) is 6.04 Å². The molecule has 2 fully saturated rings. The monoisotopic (exact) mass is 324 g/mol. The van der Waals surface area contributed by atoms with Crippen molar-refractivity contribution in [3.63, 3.8) is 0 Å². The van der Waals surface area contributed by atoms with Crippen LogP contribution < -0.4 is 5.32 Å². The molecule has 2 heterocycles. The number of phenolic OH excluding ortho intramolecular Hbond substituents is 1. The first-order valence-electron chi connectivity index (χ1n) is 7.63. The van der Waals surface area contributed by atoms with Crippen LogP contribution in [0.25, 0.3) is 0 Å². The van der Waals surface area contributed by atoms with E-state index in [1.165, 1.54) is 6.07 Å². The summed E-state index contributed by atoms with van der Waals surface area (Å²) in [6.07, 6.45) is 1.48. The molecule has 3 rings (SSSR count). The minimum Gasteiger partial charge on any atom is -0.506 e. The first kappa shape index (κ1) is 15.6. The van der Waals surface area contributed by atoms with Crippen molar-refractivity contribution in [2.24, 2.45) is 0 Å². The smallest absolute Gasteiger partial charge is 0.224 e. The van der Waals surface area contributed by atoms with E-state index >= 15 is 0 Å². The molecule has 0 radical (unpaired) electrons. The second kappa shape index (κ2) is 6.44. The lowest BCUT2D eigenvalue weighted by molar-refractivity contribution is -0.121. The van der Waals surface area contributed by atoms with Gasteiger partial charge in [-0.15, -0.1) is 0 Å².